The minimum Gasteiger partial charge on any atom is -0.480 e. The lowest BCUT2D eigenvalue weighted by Gasteiger charge is -2.39. The Hall–Kier alpha value is -1.14. The van der Waals surface area contributed by atoms with E-state index in [2.05, 4.69) is 10.4 Å². The summed E-state index contributed by atoms with van der Waals surface area (Å²) < 4.78 is 5.05. The smallest absolute Gasteiger partial charge is 0.323 e. The average Bonchev–Trinajstić information content (AvgIpc) is 2.82. The zero-order valence-electron chi connectivity index (χ0n) is 10.5. The van der Waals surface area contributed by atoms with E-state index in [0.717, 1.165) is 31.7 Å². The second-order valence-corrected chi connectivity index (χ2v) is 4.95. The minimum absolute atomic E-state index is 0. The molecule has 0 saturated carbocycles. The molecule has 0 spiro atoms. The maximum Gasteiger partial charge on any atom is 0.323 e. The van der Waals surface area contributed by atoms with Crippen molar-refractivity contribution < 1.29 is 14.4 Å². The van der Waals surface area contributed by atoms with Gasteiger partial charge in [-0.1, -0.05) is 0 Å². The zero-order chi connectivity index (χ0) is 12.5. The maximum absolute atomic E-state index is 11.2. The molecule has 0 bridgehead atoms. The molecule has 18 heavy (non-hydrogen) atoms. The molecule has 2 rings (SSSR count). The minimum atomic E-state index is -0.801. The van der Waals surface area contributed by atoms with Crippen molar-refractivity contribution >= 4 is 18.4 Å². The topological polar surface area (TPSA) is 79.5 Å². The Morgan fingerprint density at radius 3 is 2.56 bits per heavy atom. The summed E-state index contributed by atoms with van der Waals surface area (Å²) in [6, 6.07) is 0. The van der Waals surface area contributed by atoms with Gasteiger partial charge in [0.1, 0.15) is 5.54 Å². The standard InChI is InChI=1S/C11H17N3O3.ClH/c1-11(2,10(15)16)14-5-3-8(4-6-14)9-7-12-13-17-9;/h7-8H,3-6H2,1-2H3,(H,15,16);1H. The average molecular weight is 276 g/mol. The molecule has 1 aromatic rings. The molecule has 1 N–H and O–H groups in total. The third-order valence-corrected chi connectivity index (χ3v) is 3.59. The molecule has 1 aromatic heterocycles. The molecular weight excluding hydrogens is 258 g/mol. The fraction of sp³-hybridized carbons (Fsp3) is 0.727. The van der Waals surface area contributed by atoms with Crippen molar-refractivity contribution in [2.75, 3.05) is 13.1 Å². The molecule has 6 nitrogen and oxygen atoms in total. The van der Waals surface area contributed by atoms with Gasteiger partial charge in [0.05, 0.1) is 6.20 Å². The lowest BCUT2D eigenvalue weighted by Crippen LogP contribution is -2.52. The van der Waals surface area contributed by atoms with E-state index in [1.54, 1.807) is 20.0 Å². The highest BCUT2D eigenvalue weighted by molar-refractivity contribution is 5.85. The van der Waals surface area contributed by atoms with Crippen molar-refractivity contribution in [1.82, 2.24) is 15.3 Å². The fourth-order valence-electron chi connectivity index (χ4n) is 2.21. The first-order valence-electron chi connectivity index (χ1n) is 5.77. The number of hydrogen-bond donors (Lipinski definition) is 1. The number of halogens is 1. The third kappa shape index (κ3) is 2.81. The Labute approximate surface area is 112 Å². The Morgan fingerprint density at radius 1 is 1.50 bits per heavy atom. The van der Waals surface area contributed by atoms with E-state index in [9.17, 15) is 4.79 Å². The first-order chi connectivity index (χ1) is 8.01. The number of rotatable bonds is 3. The molecule has 0 aromatic carbocycles. The molecule has 1 aliphatic rings. The van der Waals surface area contributed by atoms with Gasteiger partial charge in [0.25, 0.3) is 0 Å². The molecule has 7 heteroatoms. The molecule has 0 amide bonds. The van der Waals surface area contributed by atoms with Gasteiger partial charge in [0.2, 0.25) is 0 Å². The second-order valence-electron chi connectivity index (χ2n) is 4.95. The van der Waals surface area contributed by atoms with Crippen molar-refractivity contribution in [2.45, 2.75) is 38.1 Å². The van der Waals surface area contributed by atoms with Crippen LogP contribution >= 0.6 is 12.4 Å². The highest BCUT2D eigenvalue weighted by Gasteiger charge is 2.37. The van der Waals surface area contributed by atoms with Crippen LogP contribution in [0.5, 0.6) is 0 Å². The van der Waals surface area contributed by atoms with Crippen LogP contribution in [0.25, 0.3) is 0 Å². The zero-order valence-corrected chi connectivity index (χ0v) is 11.3. The van der Waals surface area contributed by atoms with Crippen LogP contribution in [-0.4, -0.2) is 45.0 Å². The molecule has 0 aliphatic carbocycles. The SMILES string of the molecule is CC(C)(C(=O)O)N1CCC(c2cnno2)CC1.Cl. The monoisotopic (exact) mass is 275 g/mol. The van der Waals surface area contributed by atoms with Crippen molar-refractivity contribution in [3.05, 3.63) is 12.0 Å². The van der Waals surface area contributed by atoms with Gasteiger partial charge in [-0.25, -0.2) is 0 Å². The number of carboxylic acids is 1. The summed E-state index contributed by atoms with van der Waals surface area (Å²) in [5.74, 6) is 0.334. The first-order valence-corrected chi connectivity index (χ1v) is 5.77. The Morgan fingerprint density at radius 2 is 2.11 bits per heavy atom. The fourth-order valence-corrected chi connectivity index (χ4v) is 2.21. The number of hydrogen-bond acceptors (Lipinski definition) is 5. The number of nitrogens with zero attached hydrogens (tertiary/aromatic N) is 3. The predicted octanol–water partition coefficient (Wildman–Crippen LogP) is 1.53. The molecule has 1 saturated heterocycles. The van der Waals surface area contributed by atoms with E-state index in [1.807, 2.05) is 4.90 Å². The second kappa shape index (κ2) is 5.67. The van der Waals surface area contributed by atoms with Gasteiger partial charge in [-0.15, -0.1) is 17.5 Å². The summed E-state index contributed by atoms with van der Waals surface area (Å²) in [6.45, 7) is 4.99. The Balaban J connectivity index is 0.00000162. The van der Waals surface area contributed by atoms with Gasteiger partial charge in [0, 0.05) is 11.2 Å². The van der Waals surface area contributed by atoms with Crippen molar-refractivity contribution in [3.63, 3.8) is 0 Å². The summed E-state index contributed by atoms with van der Waals surface area (Å²) in [7, 11) is 0. The van der Waals surface area contributed by atoms with Crippen molar-refractivity contribution in [3.8, 4) is 0 Å². The molecule has 1 fully saturated rings. The summed E-state index contributed by atoms with van der Waals surface area (Å²) in [5, 5.41) is 16.3. The largest absolute Gasteiger partial charge is 0.480 e. The first kappa shape index (κ1) is 14.9. The van der Waals surface area contributed by atoms with E-state index in [1.165, 1.54) is 0 Å². The van der Waals surface area contributed by atoms with E-state index in [4.69, 9.17) is 9.63 Å². The molecule has 1 aliphatic heterocycles. The summed E-state index contributed by atoms with van der Waals surface area (Å²) >= 11 is 0. The van der Waals surface area contributed by atoms with E-state index >= 15 is 0 Å². The molecule has 0 unspecified atom stereocenters. The number of likely N-dealkylation sites (tertiary alicyclic amines) is 1. The lowest BCUT2D eigenvalue weighted by atomic mass is 9.91. The normalized spacial score (nSPS) is 18.3. The number of carboxylic acid groups (broad SMARTS) is 1. The highest BCUT2D eigenvalue weighted by atomic mass is 35.5. The van der Waals surface area contributed by atoms with Crippen LogP contribution in [0.4, 0.5) is 0 Å². The van der Waals surface area contributed by atoms with Gasteiger partial charge in [-0.3, -0.25) is 9.69 Å². The van der Waals surface area contributed by atoms with Crippen LogP contribution in [0.3, 0.4) is 0 Å². The van der Waals surface area contributed by atoms with E-state index < -0.39 is 11.5 Å². The van der Waals surface area contributed by atoms with Gasteiger partial charge in [0.15, 0.2) is 5.76 Å². The summed E-state index contributed by atoms with van der Waals surface area (Å²) in [4.78, 5) is 13.1. The van der Waals surface area contributed by atoms with Crippen LogP contribution in [0.1, 0.15) is 38.4 Å². The van der Waals surface area contributed by atoms with Gasteiger partial charge in [-0.05, 0) is 39.8 Å². The highest BCUT2D eigenvalue weighted by Crippen LogP contribution is 2.30. The maximum atomic E-state index is 11.2. The summed E-state index contributed by atoms with van der Waals surface area (Å²) in [5.41, 5.74) is -0.801. The molecular formula is C11H18ClN3O3. The Kier molecular flexibility index (Phi) is 4.70. The molecule has 0 atom stereocenters. The van der Waals surface area contributed by atoms with Crippen LogP contribution in [-0.2, 0) is 4.79 Å². The van der Waals surface area contributed by atoms with Crippen LogP contribution in [0, 0.1) is 0 Å². The molecule has 2 heterocycles. The number of piperidine rings is 1. The van der Waals surface area contributed by atoms with Crippen LogP contribution in [0.15, 0.2) is 10.7 Å². The number of aromatic nitrogens is 2. The third-order valence-electron chi connectivity index (χ3n) is 3.59. The number of aliphatic carboxylic acids is 1. The van der Waals surface area contributed by atoms with Crippen LogP contribution < -0.4 is 0 Å². The van der Waals surface area contributed by atoms with Crippen molar-refractivity contribution in [2.24, 2.45) is 0 Å². The van der Waals surface area contributed by atoms with E-state index in [0.29, 0.717) is 5.92 Å². The Bertz CT molecular complexity index is 386. The quantitative estimate of drug-likeness (QED) is 0.901. The van der Waals surface area contributed by atoms with Gasteiger partial charge < -0.3 is 9.63 Å². The molecule has 0 radical (unpaired) electrons. The lowest BCUT2D eigenvalue weighted by molar-refractivity contribution is -0.150. The molecule has 102 valence electrons. The van der Waals surface area contributed by atoms with Gasteiger partial charge >= 0.3 is 5.97 Å². The predicted molar refractivity (Wildman–Crippen MR) is 66.8 cm³/mol. The van der Waals surface area contributed by atoms with Crippen molar-refractivity contribution in [1.29, 1.82) is 0 Å². The van der Waals surface area contributed by atoms with E-state index in [-0.39, 0.29) is 12.4 Å². The van der Waals surface area contributed by atoms with Gasteiger partial charge in [-0.2, -0.15) is 0 Å². The number of carbonyl (C=O) groups is 1. The summed E-state index contributed by atoms with van der Waals surface area (Å²) in [6.07, 6.45) is 3.41. The van der Waals surface area contributed by atoms with Crippen LogP contribution in [0.2, 0.25) is 0 Å².